The molecule has 3 aromatic carbocycles. The van der Waals surface area contributed by atoms with Crippen molar-refractivity contribution in [2.75, 3.05) is 50.6 Å². The molecule has 35 heavy (non-hydrogen) atoms. The van der Waals surface area contributed by atoms with E-state index in [1.807, 2.05) is 12.1 Å². The van der Waals surface area contributed by atoms with Gasteiger partial charge in [0, 0.05) is 49.7 Å². The molecule has 4 rings (SSSR count). The number of hydrogen-bond donors (Lipinski definition) is 2. The van der Waals surface area contributed by atoms with Crippen molar-refractivity contribution in [3.63, 3.8) is 0 Å². The number of nitrogens with one attached hydrogen (secondary N) is 2. The standard InChI is InChI=1S/C27H30N4O3S/c1-33-24-13-8-21(18-25(24)34-2)26(32)29-27(35)28-22-9-11-23(12-10-22)31-16-14-30(15-17-31)19-20-6-4-3-5-7-20/h3-13,18H,14-17,19H2,1-2H3,(H2,28,29,32,35). The molecule has 1 aliphatic rings. The molecule has 0 bridgehead atoms. The highest BCUT2D eigenvalue weighted by molar-refractivity contribution is 7.80. The normalized spacial score (nSPS) is 13.7. The summed E-state index contributed by atoms with van der Waals surface area (Å²) in [6, 6.07) is 23.7. The number of methoxy groups -OCH3 is 2. The number of carbonyl (C=O) groups excluding carboxylic acids is 1. The van der Waals surface area contributed by atoms with E-state index in [9.17, 15) is 4.79 Å². The molecule has 0 aromatic heterocycles. The summed E-state index contributed by atoms with van der Waals surface area (Å²) in [7, 11) is 3.08. The number of thiocarbonyl (C=S) groups is 1. The van der Waals surface area contributed by atoms with Gasteiger partial charge in [0.2, 0.25) is 0 Å². The lowest BCUT2D eigenvalue weighted by Gasteiger charge is -2.36. The molecule has 1 amide bonds. The number of carbonyl (C=O) groups is 1. The average Bonchev–Trinajstić information content (AvgIpc) is 2.89. The first-order chi connectivity index (χ1) is 17.1. The molecule has 0 aliphatic carbocycles. The summed E-state index contributed by atoms with van der Waals surface area (Å²) in [5.41, 5.74) is 3.77. The molecule has 1 fully saturated rings. The number of hydrogen-bond acceptors (Lipinski definition) is 6. The largest absolute Gasteiger partial charge is 0.493 e. The summed E-state index contributed by atoms with van der Waals surface area (Å²) in [5, 5.41) is 6.01. The van der Waals surface area contributed by atoms with Gasteiger partial charge in [0.25, 0.3) is 5.91 Å². The van der Waals surface area contributed by atoms with Crippen molar-refractivity contribution in [3.8, 4) is 11.5 Å². The second-order valence-corrected chi connectivity index (χ2v) is 8.68. The highest BCUT2D eigenvalue weighted by atomic mass is 32.1. The van der Waals surface area contributed by atoms with Gasteiger partial charge in [0.1, 0.15) is 0 Å². The molecule has 1 aliphatic heterocycles. The van der Waals surface area contributed by atoms with Crippen LogP contribution in [0.3, 0.4) is 0 Å². The molecule has 0 unspecified atom stereocenters. The van der Waals surface area contributed by atoms with Crippen LogP contribution in [0.25, 0.3) is 0 Å². The van der Waals surface area contributed by atoms with Crippen LogP contribution < -0.4 is 25.0 Å². The summed E-state index contributed by atoms with van der Waals surface area (Å²) >= 11 is 5.33. The number of benzene rings is 3. The van der Waals surface area contributed by atoms with Crippen LogP contribution in [0.2, 0.25) is 0 Å². The van der Waals surface area contributed by atoms with Crippen molar-refractivity contribution in [2.45, 2.75) is 6.54 Å². The molecule has 0 atom stereocenters. The lowest BCUT2D eigenvalue weighted by molar-refractivity contribution is 0.0977. The number of ether oxygens (including phenoxy) is 2. The second-order valence-electron chi connectivity index (χ2n) is 8.27. The first-order valence-electron chi connectivity index (χ1n) is 11.5. The summed E-state index contributed by atoms with van der Waals surface area (Å²) in [6.07, 6.45) is 0. The summed E-state index contributed by atoms with van der Waals surface area (Å²) in [6.45, 7) is 5.02. The van der Waals surface area contributed by atoms with E-state index in [-0.39, 0.29) is 11.0 Å². The SMILES string of the molecule is COc1ccc(C(=O)NC(=S)Nc2ccc(N3CCN(Cc4ccccc4)CC3)cc2)cc1OC. The molecule has 7 nitrogen and oxygen atoms in total. The van der Waals surface area contributed by atoms with Crippen molar-refractivity contribution in [2.24, 2.45) is 0 Å². The lowest BCUT2D eigenvalue weighted by atomic mass is 10.2. The quantitative estimate of drug-likeness (QED) is 0.482. The van der Waals surface area contributed by atoms with Crippen molar-refractivity contribution in [1.29, 1.82) is 0 Å². The maximum atomic E-state index is 12.6. The number of piperazine rings is 1. The van der Waals surface area contributed by atoms with Crippen LogP contribution in [0.4, 0.5) is 11.4 Å². The van der Waals surface area contributed by atoms with E-state index in [4.69, 9.17) is 21.7 Å². The molecular weight excluding hydrogens is 460 g/mol. The molecule has 1 saturated heterocycles. The Balaban J connectivity index is 1.27. The fraction of sp³-hybridized carbons (Fsp3) is 0.259. The van der Waals surface area contributed by atoms with Gasteiger partial charge in [0.15, 0.2) is 16.6 Å². The van der Waals surface area contributed by atoms with E-state index >= 15 is 0 Å². The van der Waals surface area contributed by atoms with Gasteiger partial charge in [-0.2, -0.15) is 0 Å². The fourth-order valence-corrected chi connectivity index (χ4v) is 4.29. The number of rotatable bonds is 7. The van der Waals surface area contributed by atoms with E-state index in [2.05, 4.69) is 62.9 Å². The molecule has 0 radical (unpaired) electrons. The van der Waals surface area contributed by atoms with Gasteiger partial charge >= 0.3 is 0 Å². The van der Waals surface area contributed by atoms with Crippen LogP contribution in [-0.4, -0.2) is 56.3 Å². The Bertz CT molecular complexity index is 1150. The van der Waals surface area contributed by atoms with Crippen LogP contribution in [0.1, 0.15) is 15.9 Å². The van der Waals surface area contributed by atoms with Crippen LogP contribution >= 0.6 is 12.2 Å². The second kappa shape index (κ2) is 11.7. The topological polar surface area (TPSA) is 66.1 Å². The number of amides is 1. The van der Waals surface area contributed by atoms with E-state index < -0.39 is 0 Å². The molecule has 2 N–H and O–H groups in total. The minimum atomic E-state index is -0.326. The summed E-state index contributed by atoms with van der Waals surface area (Å²) < 4.78 is 10.5. The van der Waals surface area contributed by atoms with E-state index in [1.165, 1.54) is 18.4 Å². The molecule has 8 heteroatoms. The Labute approximate surface area is 211 Å². The molecular formula is C27H30N4O3S. The van der Waals surface area contributed by atoms with Gasteiger partial charge in [-0.3, -0.25) is 15.0 Å². The van der Waals surface area contributed by atoms with Gasteiger partial charge in [0.05, 0.1) is 14.2 Å². The van der Waals surface area contributed by atoms with Gasteiger partial charge in [-0.15, -0.1) is 0 Å². The highest BCUT2D eigenvalue weighted by Crippen LogP contribution is 2.27. The van der Waals surface area contributed by atoms with E-state index in [0.29, 0.717) is 17.1 Å². The highest BCUT2D eigenvalue weighted by Gasteiger charge is 2.17. The van der Waals surface area contributed by atoms with Crippen LogP contribution in [0, 0.1) is 0 Å². The van der Waals surface area contributed by atoms with Gasteiger partial charge in [-0.05, 0) is 60.2 Å². The zero-order chi connectivity index (χ0) is 24.6. The third-order valence-corrected chi connectivity index (χ3v) is 6.19. The minimum Gasteiger partial charge on any atom is -0.493 e. The first kappa shape index (κ1) is 24.5. The maximum Gasteiger partial charge on any atom is 0.257 e. The molecule has 1 heterocycles. The van der Waals surface area contributed by atoms with Crippen molar-refractivity contribution >= 4 is 34.6 Å². The molecule has 3 aromatic rings. The van der Waals surface area contributed by atoms with Crippen molar-refractivity contribution < 1.29 is 14.3 Å². The Morgan fingerprint density at radius 2 is 1.57 bits per heavy atom. The molecule has 0 saturated carbocycles. The fourth-order valence-electron chi connectivity index (χ4n) is 4.08. The third kappa shape index (κ3) is 6.49. The molecule has 0 spiro atoms. The van der Waals surface area contributed by atoms with Gasteiger partial charge < -0.3 is 19.7 Å². The summed E-state index contributed by atoms with van der Waals surface area (Å²) in [4.78, 5) is 17.4. The maximum absolute atomic E-state index is 12.6. The lowest BCUT2D eigenvalue weighted by Crippen LogP contribution is -2.45. The molecule has 182 valence electrons. The monoisotopic (exact) mass is 490 g/mol. The van der Waals surface area contributed by atoms with Gasteiger partial charge in [-0.1, -0.05) is 30.3 Å². The van der Waals surface area contributed by atoms with Crippen LogP contribution in [-0.2, 0) is 6.54 Å². The Hall–Kier alpha value is -3.62. The number of nitrogens with zero attached hydrogens (tertiary/aromatic N) is 2. The zero-order valence-electron chi connectivity index (χ0n) is 20.0. The van der Waals surface area contributed by atoms with E-state index in [1.54, 1.807) is 25.3 Å². The number of anilines is 2. The third-order valence-electron chi connectivity index (χ3n) is 5.98. The Kier molecular flexibility index (Phi) is 8.18. The first-order valence-corrected chi connectivity index (χ1v) is 11.9. The summed E-state index contributed by atoms with van der Waals surface area (Å²) in [5.74, 6) is 0.714. The van der Waals surface area contributed by atoms with Crippen LogP contribution in [0.15, 0.2) is 72.8 Å². The Morgan fingerprint density at radius 3 is 2.23 bits per heavy atom. The Morgan fingerprint density at radius 1 is 0.886 bits per heavy atom. The predicted octanol–water partition coefficient (Wildman–Crippen LogP) is 4.15. The van der Waals surface area contributed by atoms with Crippen molar-refractivity contribution in [1.82, 2.24) is 10.2 Å². The van der Waals surface area contributed by atoms with Crippen molar-refractivity contribution in [3.05, 3.63) is 83.9 Å². The van der Waals surface area contributed by atoms with Gasteiger partial charge in [-0.25, -0.2) is 0 Å². The van der Waals surface area contributed by atoms with E-state index in [0.717, 1.165) is 38.4 Å². The van der Waals surface area contributed by atoms with Crippen LogP contribution in [0.5, 0.6) is 11.5 Å². The zero-order valence-corrected chi connectivity index (χ0v) is 20.8. The predicted molar refractivity (Wildman–Crippen MR) is 144 cm³/mol. The smallest absolute Gasteiger partial charge is 0.257 e. The average molecular weight is 491 g/mol. The minimum absolute atomic E-state index is 0.229.